The van der Waals surface area contributed by atoms with Crippen LogP contribution in [0, 0.1) is 0 Å². The standard InChI is InChI=1S/C21H29N5O2S/c1-4-28-18-11-15(14(2)3)5-6-16(18)17-12-23-19-26(17)24-20(29-19)25-9-7-21(27,13-22)8-10-25/h5-6,11-12,14,27H,4,7-10,13,22H2,1-3H3. The first-order valence-corrected chi connectivity index (χ1v) is 11.0. The summed E-state index contributed by atoms with van der Waals surface area (Å²) in [6.45, 7) is 8.75. The molecule has 7 nitrogen and oxygen atoms in total. The average molecular weight is 416 g/mol. The van der Waals surface area contributed by atoms with Crippen molar-refractivity contribution in [3.05, 3.63) is 30.0 Å². The number of nitrogens with two attached hydrogens (primary N) is 1. The second kappa shape index (κ2) is 7.93. The Bertz CT molecular complexity index is 988. The number of aliphatic hydroxyl groups is 1. The second-order valence-electron chi connectivity index (χ2n) is 7.98. The number of nitrogens with zero attached hydrogens (tertiary/aromatic N) is 4. The third kappa shape index (κ3) is 3.84. The third-order valence-corrected chi connectivity index (χ3v) is 6.65. The first kappa shape index (κ1) is 20.1. The van der Waals surface area contributed by atoms with E-state index in [-0.39, 0.29) is 0 Å². The van der Waals surface area contributed by atoms with Crippen molar-refractivity contribution in [1.82, 2.24) is 14.6 Å². The number of anilines is 1. The van der Waals surface area contributed by atoms with Crippen LogP contribution in [0.25, 0.3) is 16.2 Å². The summed E-state index contributed by atoms with van der Waals surface area (Å²) in [5, 5.41) is 16.1. The third-order valence-electron chi connectivity index (χ3n) is 5.67. The number of imidazole rings is 1. The zero-order valence-electron chi connectivity index (χ0n) is 17.3. The zero-order valence-corrected chi connectivity index (χ0v) is 18.1. The van der Waals surface area contributed by atoms with E-state index in [1.165, 1.54) is 5.56 Å². The van der Waals surface area contributed by atoms with Gasteiger partial charge < -0.3 is 20.5 Å². The maximum atomic E-state index is 10.4. The lowest BCUT2D eigenvalue weighted by Crippen LogP contribution is -2.48. The minimum absolute atomic E-state index is 0.304. The van der Waals surface area contributed by atoms with E-state index >= 15 is 0 Å². The van der Waals surface area contributed by atoms with Gasteiger partial charge in [-0.15, -0.1) is 5.10 Å². The van der Waals surface area contributed by atoms with E-state index in [2.05, 4.69) is 41.9 Å². The average Bonchev–Trinajstić information content (AvgIpc) is 3.30. The molecule has 0 saturated carbocycles. The molecule has 0 amide bonds. The van der Waals surface area contributed by atoms with E-state index in [0.717, 1.165) is 40.2 Å². The van der Waals surface area contributed by atoms with Crippen LogP contribution in [0.15, 0.2) is 24.4 Å². The fourth-order valence-electron chi connectivity index (χ4n) is 3.70. The summed E-state index contributed by atoms with van der Waals surface area (Å²) >= 11 is 1.57. The largest absolute Gasteiger partial charge is 0.493 e. The summed E-state index contributed by atoms with van der Waals surface area (Å²) < 4.78 is 7.84. The van der Waals surface area contributed by atoms with Crippen LogP contribution in [-0.4, -0.2) is 51.5 Å². The number of ether oxygens (including phenoxy) is 1. The molecule has 1 aliphatic rings. The van der Waals surface area contributed by atoms with Crippen molar-refractivity contribution < 1.29 is 9.84 Å². The fraction of sp³-hybridized carbons (Fsp3) is 0.524. The van der Waals surface area contributed by atoms with Crippen molar-refractivity contribution in [3.63, 3.8) is 0 Å². The summed E-state index contributed by atoms with van der Waals surface area (Å²) in [5.74, 6) is 1.30. The van der Waals surface area contributed by atoms with E-state index in [9.17, 15) is 5.11 Å². The van der Waals surface area contributed by atoms with E-state index in [4.69, 9.17) is 15.6 Å². The molecule has 3 N–H and O–H groups in total. The van der Waals surface area contributed by atoms with Gasteiger partial charge in [-0.1, -0.05) is 31.3 Å². The molecule has 29 heavy (non-hydrogen) atoms. The Hall–Kier alpha value is -2.16. The predicted molar refractivity (Wildman–Crippen MR) is 117 cm³/mol. The Balaban J connectivity index is 1.66. The lowest BCUT2D eigenvalue weighted by molar-refractivity contribution is 0.0249. The van der Waals surface area contributed by atoms with E-state index in [0.29, 0.717) is 31.9 Å². The number of fused-ring (bicyclic) bond motifs is 1. The highest BCUT2D eigenvalue weighted by molar-refractivity contribution is 7.20. The molecule has 4 rings (SSSR count). The summed E-state index contributed by atoms with van der Waals surface area (Å²) in [6.07, 6.45) is 3.17. The molecule has 0 radical (unpaired) electrons. The molecule has 8 heteroatoms. The molecule has 3 heterocycles. The van der Waals surface area contributed by atoms with Crippen LogP contribution < -0.4 is 15.4 Å². The molecular formula is C21H29N5O2S. The second-order valence-corrected chi connectivity index (χ2v) is 8.92. The SMILES string of the molecule is CCOc1cc(C(C)C)ccc1-c1cnc2sc(N3CCC(O)(CN)CC3)nn12. The van der Waals surface area contributed by atoms with Crippen molar-refractivity contribution in [3.8, 4) is 17.0 Å². The number of aromatic nitrogens is 3. The molecule has 0 spiro atoms. The van der Waals surface area contributed by atoms with Crippen molar-refractivity contribution in [2.75, 3.05) is 31.1 Å². The molecule has 156 valence electrons. The first-order valence-electron chi connectivity index (χ1n) is 10.2. The van der Waals surface area contributed by atoms with Crippen LogP contribution >= 0.6 is 11.3 Å². The summed E-state index contributed by atoms with van der Waals surface area (Å²) in [5.41, 5.74) is 8.14. The summed E-state index contributed by atoms with van der Waals surface area (Å²) in [6, 6.07) is 6.37. The molecule has 0 atom stereocenters. The Morgan fingerprint density at radius 2 is 2.07 bits per heavy atom. The molecule has 0 unspecified atom stereocenters. The molecule has 3 aromatic rings. The number of benzene rings is 1. The van der Waals surface area contributed by atoms with Crippen LogP contribution in [0.2, 0.25) is 0 Å². The Kier molecular flexibility index (Phi) is 5.50. The minimum atomic E-state index is -0.746. The van der Waals surface area contributed by atoms with Crippen LogP contribution in [0.5, 0.6) is 5.75 Å². The lowest BCUT2D eigenvalue weighted by Gasteiger charge is -2.37. The molecular weight excluding hydrogens is 386 g/mol. The van der Waals surface area contributed by atoms with Crippen LogP contribution in [0.4, 0.5) is 5.13 Å². The molecule has 1 saturated heterocycles. The number of hydrogen-bond donors (Lipinski definition) is 2. The molecule has 1 aliphatic heterocycles. The Labute approximate surface area is 175 Å². The molecule has 0 bridgehead atoms. The highest BCUT2D eigenvalue weighted by Crippen LogP contribution is 2.36. The van der Waals surface area contributed by atoms with Crippen molar-refractivity contribution in [2.24, 2.45) is 5.73 Å². The zero-order chi connectivity index (χ0) is 20.6. The summed E-state index contributed by atoms with van der Waals surface area (Å²) in [4.78, 5) is 7.64. The normalized spacial score (nSPS) is 16.7. The molecule has 1 fully saturated rings. The summed E-state index contributed by atoms with van der Waals surface area (Å²) in [7, 11) is 0. The van der Waals surface area contributed by atoms with Gasteiger partial charge in [0.05, 0.1) is 24.1 Å². The monoisotopic (exact) mass is 415 g/mol. The minimum Gasteiger partial charge on any atom is -0.493 e. The number of hydrogen-bond acceptors (Lipinski definition) is 7. The first-order chi connectivity index (χ1) is 13.9. The van der Waals surface area contributed by atoms with Gasteiger partial charge in [0.15, 0.2) is 0 Å². The highest BCUT2D eigenvalue weighted by Gasteiger charge is 2.32. The maximum Gasteiger partial charge on any atom is 0.214 e. The van der Waals surface area contributed by atoms with Crippen LogP contribution in [-0.2, 0) is 0 Å². The molecule has 0 aliphatic carbocycles. The predicted octanol–water partition coefficient (Wildman–Crippen LogP) is 3.27. The van der Waals surface area contributed by atoms with E-state index in [1.54, 1.807) is 11.3 Å². The van der Waals surface area contributed by atoms with Crippen LogP contribution in [0.3, 0.4) is 0 Å². The van der Waals surface area contributed by atoms with Gasteiger partial charge in [-0.2, -0.15) is 0 Å². The van der Waals surface area contributed by atoms with Gasteiger partial charge in [0.2, 0.25) is 10.1 Å². The lowest BCUT2D eigenvalue weighted by atomic mass is 9.92. The number of piperidine rings is 1. The van der Waals surface area contributed by atoms with E-state index < -0.39 is 5.60 Å². The maximum absolute atomic E-state index is 10.4. The van der Waals surface area contributed by atoms with Crippen molar-refractivity contribution >= 4 is 21.4 Å². The quantitative estimate of drug-likeness (QED) is 0.642. The highest BCUT2D eigenvalue weighted by atomic mass is 32.1. The topological polar surface area (TPSA) is 88.9 Å². The molecule has 2 aromatic heterocycles. The van der Waals surface area contributed by atoms with Gasteiger partial charge in [-0.05, 0) is 43.4 Å². The van der Waals surface area contributed by atoms with Gasteiger partial charge in [0, 0.05) is 25.2 Å². The van der Waals surface area contributed by atoms with Gasteiger partial charge >= 0.3 is 0 Å². The smallest absolute Gasteiger partial charge is 0.214 e. The number of rotatable bonds is 6. The van der Waals surface area contributed by atoms with Crippen LogP contribution in [0.1, 0.15) is 45.1 Å². The Morgan fingerprint density at radius 3 is 2.72 bits per heavy atom. The molecule has 1 aromatic carbocycles. The van der Waals surface area contributed by atoms with Gasteiger partial charge in [-0.3, -0.25) is 0 Å². The van der Waals surface area contributed by atoms with Crippen molar-refractivity contribution in [1.29, 1.82) is 0 Å². The van der Waals surface area contributed by atoms with Gasteiger partial charge in [0.25, 0.3) is 0 Å². The Morgan fingerprint density at radius 1 is 1.31 bits per heavy atom. The van der Waals surface area contributed by atoms with Gasteiger partial charge in [0.1, 0.15) is 5.75 Å². The van der Waals surface area contributed by atoms with Crippen molar-refractivity contribution in [2.45, 2.75) is 45.1 Å². The van der Waals surface area contributed by atoms with Gasteiger partial charge in [-0.25, -0.2) is 9.50 Å². The fourth-order valence-corrected chi connectivity index (χ4v) is 4.63. The van der Waals surface area contributed by atoms with E-state index in [1.807, 2.05) is 17.6 Å².